The Morgan fingerprint density at radius 3 is 2.32 bits per heavy atom. The minimum Gasteiger partial charge on any atom is -0.297 e. The maximum Gasteiger partial charge on any atom is 0.196 e. The largest absolute Gasteiger partial charge is 0.297 e. The van der Waals surface area contributed by atoms with Gasteiger partial charge in [-0.15, -0.1) is 11.3 Å². The van der Waals surface area contributed by atoms with Crippen LogP contribution in [0.25, 0.3) is 20.2 Å². The molecule has 0 aliphatic heterocycles. The van der Waals surface area contributed by atoms with Crippen LogP contribution in [0.4, 0.5) is 5.69 Å². The normalized spacial score (nSPS) is 12.2. The van der Waals surface area contributed by atoms with E-state index in [1.165, 1.54) is 5.69 Å². The van der Waals surface area contributed by atoms with Crippen LogP contribution in [0, 0.1) is 0 Å². The molecule has 1 aromatic heterocycles. The molecule has 0 saturated carbocycles. The number of hydrogen-bond donors (Lipinski definition) is 0. The van der Waals surface area contributed by atoms with Gasteiger partial charge in [-0.25, -0.2) is 0 Å². The highest BCUT2D eigenvalue weighted by Crippen LogP contribution is 2.33. The molecular formula is C16H16NOS+. The fraction of sp³-hybridized carbons (Fsp3) is 0.188. The first kappa shape index (κ1) is 12.3. The summed E-state index contributed by atoms with van der Waals surface area (Å²) in [5.74, 6) is 0. The molecule has 3 rings (SSSR count). The summed E-state index contributed by atoms with van der Waals surface area (Å²) in [6.07, 6.45) is 0. The zero-order valence-corrected chi connectivity index (χ0v) is 12.1. The predicted molar refractivity (Wildman–Crippen MR) is 85.2 cm³/mol. The van der Waals surface area contributed by atoms with E-state index in [1.807, 2.05) is 36.4 Å². The Kier molecular flexibility index (Phi) is 2.69. The molecule has 2 nitrogen and oxygen atoms in total. The van der Waals surface area contributed by atoms with Crippen molar-refractivity contribution >= 4 is 37.2 Å². The molecular weight excluding hydrogens is 254 g/mol. The lowest BCUT2D eigenvalue weighted by Crippen LogP contribution is -2.34. The van der Waals surface area contributed by atoms with Crippen LogP contribution in [-0.2, 0) is 0 Å². The summed E-state index contributed by atoms with van der Waals surface area (Å²) in [7, 11) is 6.38. The standard InChI is InChI=1S/C16H16NOS/c1-17(2,3)13-9-6-8-12-15(18)11-7-4-5-10-14(11)19-16(12)13/h4-10H,1-3H3/q+1. The van der Waals surface area contributed by atoms with Crippen LogP contribution >= 0.6 is 11.3 Å². The molecule has 0 spiro atoms. The zero-order chi connectivity index (χ0) is 13.6. The molecule has 0 saturated heterocycles. The fourth-order valence-electron chi connectivity index (χ4n) is 2.34. The van der Waals surface area contributed by atoms with Crippen LogP contribution in [-0.4, -0.2) is 21.1 Å². The topological polar surface area (TPSA) is 17.1 Å². The van der Waals surface area contributed by atoms with Gasteiger partial charge in [0.25, 0.3) is 0 Å². The molecule has 3 heteroatoms. The number of benzene rings is 2. The summed E-state index contributed by atoms with van der Waals surface area (Å²) in [5.41, 5.74) is 1.32. The summed E-state index contributed by atoms with van der Waals surface area (Å²) in [6.45, 7) is 0. The molecule has 96 valence electrons. The van der Waals surface area contributed by atoms with Gasteiger partial charge in [0, 0.05) is 21.5 Å². The van der Waals surface area contributed by atoms with Crippen molar-refractivity contribution in [1.82, 2.24) is 4.48 Å². The monoisotopic (exact) mass is 270 g/mol. The zero-order valence-electron chi connectivity index (χ0n) is 11.3. The lowest BCUT2D eigenvalue weighted by Gasteiger charge is -2.24. The summed E-state index contributed by atoms with van der Waals surface area (Å²) < 4.78 is 2.87. The van der Waals surface area contributed by atoms with Crippen molar-refractivity contribution in [2.75, 3.05) is 21.1 Å². The van der Waals surface area contributed by atoms with Crippen molar-refractivity contribution in [2.24, 2.45) is 0 Å². The average molecular weight is 270 g/mol. The van der Waals surface area contributed by atoms with Crippen molar-refractivity contribution < 1.29 is 0 Å². The van der Waals surface area contributed by atoms with Gasteiger partial charge in [-0.2, -0.15) is 0 Å². The Morgan fingerprint density at radius 2 is 1.58 bits per heavy atom. The van der Waals surface area contributed by atoms with E-state index in [-0.39, 0.29) is 5.43 Å². The SMILES string of the molecule is C[N+](C)(C)c1cccc2c(=O)c3ccccc3sc12. The molecule has 19 heavy (non-hydrogen) atoms. The van der Waals surface area contributed by atoms with Crippen LogP contribution in [0.5, 0.6) is 0 Å². The van der Waals surface area contributed by atoms with Crippen molar-refractivity contribution in [3.05, 3.63) is 52.7 Å². The molecule has 0 N–H and O–H groups in total. The Labute approximate surface area is 116 Å². The maximum atomic E-state index is 12.6. The number of quaternary nitrogens is 1. The molecule has 0 aliphatic carbocycles. The summed E-state index contributed by atoms with van der Waals surface area (Å²) in [4.78, 5) is 12.6. The molecule has 0 aliphatic rings. The van der Waals surface area contributed by atoms with Crippen molar-refractivity contribution in [2.45, 2.75) is 0 Å². The third-order valence-electron chi connectivity index (χ3n) is 3.31. The van der Waals surface area contributed by atoms with Gasteiger partial charge in [0.2, 0.25) is 0 Å². The van der Waals surface area contributed by atoms with Gasteiger partial charge in [-0.05, 0) is 18.2 Å². The van der Waals surface area contributed by atoms with E-state index < -0.39 is 0 Å². The van der Waals surface area contributed by atoms with Crippen LogP contribution in [0.3, 0.4) is 0 Å². The molecule has 1 heterocycles. The van der Waals surface area contributed by atoms with Crippen LogP contribution in [0.2, 0.25) is 0 Å². The van der Waals surface area contributed by atoms with Crippen molar-refractivity contribution in [1.29, 1.82) is 0 Å². The summed E-state index contributed by atoms with van der Waals surface area (Å²) in [6, 6.07) is 13.8. The van der Waals surface area contributed by atoms with Crippen LogP contribution in [0.1, 0.15) is 0 Å². The van der Waals surface area contributed by atoms with E-state index in [9.17, 15) is 4.79 Å². The van der Waals surface area contributed by atoms with Crippen LogP contribution in [0.15, 0.2) is 47.3 Å². The Morgan fingerprint density at radius 1 is 0.895 bits per heavy atom. The van der Waals surface area contributed by atoms with Crippen LogP contribution < -0.4 is 9.91 Å². The van der Waals surface area contributed by atoms with Gasteiger partial charge in [-0.1, -0.05) is 18.2 Å². The van der Waals surface area contributed by atoms with Crippen molar-refractivity contribution in [3.63, 3.8) is 0 Å². The van der Waals surface area contributed by atoms with E-state index in [4.69, 9.17) is 0 Å². The van der Waals surface area contributed by atoms with E-state index in [1.54, 1.807) is 11.3 Å². The molecule has 0 amide bonds. The fourth-order valence-corrected chi connectivity index (χ4v) is 3.69. The molecule has 2 aromatic carbocycles. The average Bonchev–Trinajstić information content (AvgIpc) is 2.37. The van der Waals surface area contributed by atoms with Crippen molar-refractivity contribution in [3.8, 4) is 0 Å². The molecule has 3 aromatic rings. The van der Waals surface area contributed by atoms with E-state index >= 15 is 0 Å². The second kappa shape index (κ2) is 4.15. The van der Waals surface area contributed by atoms with Gasteiger partial charge >= 0.3 is 0 Å². The smallest absolute Gasteiger partial charge is 0.196 e. The van der Waals surface area contributed by atoms with Gasteiger partial charge in [-0.3, -0.25) is 9.28 Å². The van der Waals surface area contributed by atoms with Gasteiger partial charge in [0.15, 0.2) is 5.43 Å². The second-order valence-electron chi connectivity index (χ2n) is 5.59. The van der Waals surface area contributed by atoms with E-state index in [0.29, 0.717) is 4.48 Å². The number of rotatable bonds is 1. The number of nitrogens with zero attached hydrogens (tertiary/aromatic N) is 1. The van der Waals surface area contributed by atoms with E-state index in [0.717, 1.165) is 20.2 Å². The summed E-state index contributed by atoms with van der Waals surface area (Å²) >= 11 is 1.70. The first-order valence-corrected chi connectivity index (χ1v) is 7.07. The minimum absolute atomic E-state index is 0.139. The lowest BCUT2D eigenvalue weighted by molar-refractivity contribution is 0.490. The third-order valence-corrected chi connectivity index (χ3v) is 4.51. The third kappa shape index (κ3) is 1.95. The molecule has 0 fully saturated rings. The molecule has 0 unspecified atom stereocenters. The predicted octanol–water partition coefficient (Wildman–Crippen LogP) is 3.61. The van der Waals surface area contributed by atoms with E-state index in [2.05, 4.69) is 27.2 Å². The Balaban J connectivity index is 2.55. The Bertz CT molecular complexity index is 827. The van der Waals surface area contributed by atoms with Gasteiger partial charge in [0.1, 0.15) is 5.69 Å². The lowest BCUT2D eigenvalue weighted by atomic mass is 10.1. The quantitative estimate of drug-likeness (QED) is 0.487. The maximum absolute atomic E-state index is 12.6. The number of fused-ring (bicyclic) bond motifs is 2. The van der Waals surface area contributed by atoms with Gasteiger partial charge in [0.05, 0.1) is 25.8 Å². The molecule has 0 bridgehead atoms. The molecule has 0 atom stereocenters. The highest BCUT2D eigenvalue weighted by molar-refractivity contribution is 7.25. The Hall–Kier alpha value is -1.71. The summed E-state index contributed by atoms with van der Waals surface area (Å²) in [5, 5.41) is 1.65. The highest BCUT2D eigenvalue weighted by atomic mass is 32.1. The number of hydrogen-bond acceptors (Lipinski definition) is 2. The first-order valence-electron chi connectivity index (χ1n) is 6.25. The first-order chi connectivity index (χ1) is 8.98. The highest BCUT2D eigenvalue weighted by Gasteiger charge is 2.18. The second-order valence-corrected chi connectivity index (χ2v) is 6.65. The minimum atomic E-state index is 0.139. The molecule has 0 radical (unpaired) electrons. The van der Waals surface area contributed by atoms with Gasteiger partial charge < -0.3 is 0 Å².